The average molecular weight is 256 g/mol. The quantitative estimate of drug-likeness (QED) is 0.690. The van der Waals surface area contributed by atoms with E-state index in [-0.39, 0.29) is 24.3 Å². The normalized spacial score (nSPS) is 20.4. The van der Waals surface area contributed by atoms with Gasteiger partial charge in [0.1, 0.15) is 5.54 Å². The molecule has 1 fully saturated rings. The minimum atomic E-state index is -1.06. The molecule has 5 heteroatoms. The molecule has 104 valence electrons. The second kappa shape index (κ2) is 6.18. The maximum atomic E-state index is 11.9. The summed E-state index contributed by atoms with van der Waals surface area (Å²) in [5.41, 5.74) is 4.77. The van der Waals surface area contributed by atoms with Crippen LogP contribution >= 0.6 is 0 Å². The van der Waals surface area contributed by atoms with Crippen LogP contribution in [0.2, 0.25) is 0 Å². The molecule has 4 N–H and O–H groups in total. The van der Waals surface area contributed by atoms with Crippen molar-refractivity contribution in [3.8, 4) is 0 Å². The zero-order valence-corrected chi connectivity index (χ0v) is 11.2. The van der Waals surface area contributed by atoms with E-state index in [1.807, 2.05) is 13.8 Å². The number of carboxylic acids is 1. The summed E-state index contributed by atoms with van der Waals surface area (Å²) >= 11 is 0. The van der Waals surface area contributed by atoms with Gasteiger partial charge in [-0.15, -0.1) is 0 Å². The van der Waals surface area contributed by atoms with E-state index in [2.05, 4.69) is 5.32 Å². The number of hydrogen-bond donors (Lipinski definition) is 3. The van der Waals surface area contributed by atoms with Crippen molar-refractivity contribution in [1.29, 1.82) is 0 Å². The molecular weight excluding hydrogens is 232 g/mol. The molecule has 1 rings (SSSR count). The van der Waals surface area contributed by atoms with E-state index >= 15 is 0 Å². The second-order valence-electron chi connectivity index (χ2n) is 5.61. The van der Waals surface area contributed by atoms with Crippen molar-refractivity contribution >= 4 is 11.9 Å². The van der Waals surface area contributed by atoms with Gasteiger partial charge in [-0.2, -0.15) is 0 Å². The monoisotopic (exact) mass is 256 g/mol. The molecule has 1 saturated carbocycles. The average Bonchev–Trinajstić information content (AvgIpc) is 2.29. The molecule has 5 nitrogen and oxygen atoms in total. The van der Waals surface area contributed by atoms with Gasteiger partial charge in [0.05, 0.1) is 0 Å². The SMILES string of the molecule is CC(C)C(N)CC(=O)NC1(C(=O)O)CCCCC1. The number of carbonyl (C=O) groups is 2. The van der Waals surface area contributed by atoms with Gasteiger partial charge in [0.15, 0.2) is 0 Å². The Labute approximate surface area is 108 Å². The van der Waals surface area contributed by atoms with Crippen molar-refractivity contribution in [2.45, 2.75) is 64.0 Å². The Bertz CT molecular complexity index is 309. The smallest absolute Gasteiger partial charge is 0.329 e. The second-order valence-corrected chi connectivity index (χ2v) is 5.61. The number of amides is 1. The van der Waals surface area contributed by atoms with E-state index in [0.717, 1.165) is 19.3 Å². The van der Waals surface area contributed by atoms with Crippen molar-refractivity contribution in [3.05, 3.63) is 0 Å². The molecule has 0 aromatic carbocycles. The van der Waals surface area contributed by atoms with Crippen molar-refractivity contribution in [1.82, 2.24) is 5.32 Å². The highest BCUT2D eigenvalue weighted by Gasteiger charge is 2.40. The van der Waals surface area contributed by atoms with Gasteiger partial charge in [0.2, 0.25) is 5.91 Å². The molecule has 1 aliphatic rings. The maximum Gasteiger partial charge on any atom is 0.329 e. The Balaban J connectivity index is 2.61. The zero-order chi connectivity index (χ0) is 13.8. The summed E-state index contributed by atoms with van der Waals surface area (Å²) in [6.45, 7) is 3.90. The highest BCUT2D eigenvalue weighted by Crippen LogP contribution is 2.28. The fraction of sp³-hybridized carbons (Fsp3) is 0.846. The molecule has 0 spiro atoms. The molecule has 0 bridgehead atoms. The standard InChI is InChI=1S/C13H24N2O3/c1-9(2)10(14)8-11(16)15-13(12(17)18)6-4-3-5-7-13/h9-10H,3-8,14H2,1-2H3,(H,15,16)(H,17,18). The number of rotatable bonds is 5. The first kappa shape index (κ1) is 15.0. The highest BCUT2D eigenvalue weighted by atomic mass is 16.4. The molecule has 0 heterocycles. The van der Waals surface area contributed by atoms with Crippen LogP contribution in [-0.2, 0) is 9.59 Å². The van der Waals surface area contributed by atoms with Crippen LogP contribution in [0.1, 0.15) is 52.4 Å². The molecule has 0 saturated heterocycles. The van der Waals surface area contributed by atoms with Crippen LogP contribution < -0.4 is 11.1 Å². The van der Waals surface area contributed by atoms with E-state index in [0.29, 0.717) is 12.8 Å². The van der Waals surface area contributed by atoms with Gasteiger partial charge >= 0.3 is 5.97 Å². The molecule has 0 aromatic heterocycles. The van der Waals surface area contributed by atoms with Crippen molar-refractivity contribution in [2.75, 3.05) is 0 Å². The van der Waals surface area contributed by atoms with Crippen LogP contribution in [0.15, 0.2) is 0 Å². The van der Waals surface area contributed by atoms with Gasteiger partial charge in [-0.05, 0) is 18.8 Å². The Kier molecular flexibility index (Phi) is 5.14. The lowest BCUT2D eigenvalue weighted by atomic mass is 9.81. The maximum absolute atomic E-state index is 11.9. The fourth-order valence-electron chi connectivity index (χ4n) is 2.32. The van der Waals surface area contributed by atoms with E-state index in [1.54, 1.807) is 0 Å². The lowest BCUT2D eigenvalue weighted by molar-refractivity contribution is -0.149. The predicted octanol–water partition coefficient (Wildman–Crippen LogP) is 1.26. The first-order valence-corrected chi connectivity index (χ1v) is 6.67. The van der Waals surface area contributed by atoms with Crippen LogP contribution in [0, 0.1) is 5.92 Å². The highest BCUT2D eigenvalue weighted by molar-refractivity contribution is 5.87. The number of nitrogens with two attached hydrogens (primary N) is 1. The first-order valence-electron chi connectivity index (χ1n) is 6.67. The third kappa shape index (κ3) is 3.70. The molecular formula is C13H24N2O3. The zero-order valence-electron chi connectivity index (χ0n) is 11.2. The summed E-state index contributed by atoms with van der Waals surface area (Å²) in [6, 6.07) is -0.223. The van der Waals surface area contributed by atoms with E-state index < -0.39 is 11.5 Å². The summed E-state index contributed by atoms with van der Waals surface area (Å²) in [4.78, 5) is 23.3. The van der Waals surface area contributed by atoms with Crippen LogP contribution in [0.3, 0.4) is 0 Å². The Morgan fingerprint density at radius 3 is 2.28 bits per heavy atom. The van der Waals surface area contributed by atoms with Gasteiger partial charge in [0.25, 0.3) is 0 Å². The van der Waals surface area contributed by atoms with Gasteiger partial charge in [-0.3, -0.25) is 4.79 Å². The van der Waals surface area contributed by atoms with E-state index in [1.165, 1.54) is 0 Å². The summed E-state index contributed by atoms with van der Waals surface area (Å²) in [7, 11) is 0. The van der Waals surface area contributed by atoms with Crippen LogP contribution in [-0.4, -0.2) is 28.6 Å². The van der Waals surface area contributed by atoms with Crippen molar-refractivity contribution < 1.29 is 14.7 Å². The lowest BCUT2D eigenvalue weighted by Gasteiger charge is -2.34. The number of carboxylic acid groups (broad SMARTS) is 1. The number of nitrogens with one attached hydrogen (secondary N) is 1. The van der Waals surface area contributed by atoms with E-state index in [4.69, 9.17) is 5.73 Å². The number of hydrogen-bond acceptors (Lipinski definition) is 3. The lowest BCUT2D eigenvalue weighted by Crippen LogP contribution is -2.56. The Morgan fingerprint density at radius 2 is 1.83 bits per heavy atom. The topological polar surface area (TPSA) is 92.4 Å². The summed E-state index contributed by atoms with van der Waals surface area (Å²) in [6.07, 6.45) is 3.96. The summed E-state index contributed by atoms with van der Waals surface area (Å²) in [5, 5.41) is 12.0. The molecule has 0 radical (unpaired) electrons. The Morgan fingerprint density at radius 1 is 1.28 bits per heavy atom. The van der Waals surface area contributed by atoms with Gasteiger partial charge in [-0.1, -0.05) is 33.1 Å². The van der Waals surface area contributed by atoms with Crippen LogP contribution in [0.25, 0.3) is 0 Å². The molecule has 0 aromatic rings. The third-order valence-corrected chi connectivity index (χ3v) is 3.77. The molecule has 1 aliphatic carbocycles. The first-order chi connectivity index (χ1) is 8.37. The van der Waals surface area contributed by atoms with Gasteiger partial charge < -0.3 is 16.2 Å². The van der Waals surface area contributed by atoms with Gasteiger partial charge in [-0.25, -0.2) is 4.79 Å². The van der Waals surface area contributed by atoms with Crippen LogP contribution in [0.5, 0.6) is 0 Å². The van der Waals surface area contributed by atoms with Gasteiger partial charge in [0, 0.05) is 12.5 Å². The largest absolute Gasteiger partial charge is 0.480 e. The third-order valence-electron chi connectivity index (χ3n) is 3.77. The summed E-state index contributed by atoms with van der Waals surface area (Å²) in [5.74, 6) is -0.961. The minimum absolute atomic E-state index is 0.187. The summed E-state index contributed by atoms with van der Waals surface area (Å²) < 4.78 is 0. The minimum Gasteiger partial charge on any atom is -0.480 e. The molecule has 1 atom stereocenters. The van der Waals surface area contributed by atoms with Crippen LogP contribution in [0.4, 0.5) is 0 Å². The number of aliphatic carboxylic acids is 1. The molecule has 18 heavy (non-hydrogen) atoms. The molecule has 1 amide bonds. The Hall–Kier alpha value is -1.10. The van der Waals surface area contributed by atoms with Crippen molar-refractivity contribution in [3.63, 3.8) is 0 Å². The predicted molar refractivity (Wildman–Crippen MR) is 69.0 cm³/mol. The molecule has 0 aliphatic heterocycles. The molecule has 1 unspecified atom stereocenters. The van der Waals surface area contributed by atoms with Crippen molar-refractivity contribution in [2.24, 2.45) is 11.7 Å². The number of carbonyl (C=O) groups excluding carboxylic acids is 1. The van der Waals surface area contributed by atoms with E-state index in [9.17, 15) is 14.7 Å². The fourth-order valence-corrected chi connectivity index (χ4v) is 2.32.